The highest BCUT2D eigenvalue weighted by Crippen LogP contribution is 2.17. The van der Waals surface area contributed by atoms with Gasteiger partial charge in [0.25, 0.3) is 0 Å². The van der Waals surface area contributed by atoms with Crippen LogP contribution in [-0.2, 0) is 28.6 Å². The average Bonchev–Trinajstić information content (AvgIpc) is 3.42. The van der Waals surface area contributed by atoms with E-state index in [0.29, 0.717) is 19.3 Å². The maximum Gasteiger partial charge on any atom is 0.306 e. The Morgan fingerprint density at radius 1 is 0.276 bits per heavy atom. The Morgan fingerprint density at radius 3 is 0.803 bits per heavy atom. The Morgan fingerprint density at radius 2 is 0.513 bits per heavy atom. The van der Waals surface area contributed by atoms with E-state index >= 15 is 0 Å². The highest BCUT2D eigenvalue weighted by Gasteiger charge is 2.19. The van der Waals surface area contributed by atoms with Gasteiger partial charge < -0.3 is 14.2 Å². The van der Waals surface area contributed by atoms with Crippen molar-refractivity contribution >= 4 is 17.9 Å². The van der Waals surface area contributed by atoms with E-state index in [2.05, 4.69) is 118 Å². The van der Waals surface area contributed by atoms with Gasteiger partial charge in [-0.05, 0) is 96.3 Å². The number of rotatable bonds is 58. The topological polar surface area (TPSA) is 78.9 Å². The smallest absolute Gasteiger partial charge is 0.306 e. The normalized spacial score (nSPS) is 12.7. The molecule has 0 aliphatic heterocycles. The molecular formula is C70H120O6. The summed E-state index contributed by atoms with van der Waals surface area (Å²) in [6.07, 6.45) is 85.5. The van der Waals surface area contributed by atoms with Crippen molar-refractivity contribution in [2.45, 2.75) is 316 Å². The minimum atomic E-state index is -0.784. The Bertz CT molecular complexity index is 1490. The number of carbonyl (C=O) groups is 3. The summed E-state index contributed by atoms with van der Waals surface area (Å²) < 4.78 is 16.9. The van der Waals surface area contributed by atoms with Gasteiger partial charge in [0.1, 0.15) is 13.2 Å². The summed E-state index contributed by atoms with van der Waals surface area (Å²) in [5, 5.41) is 0. The van der Waals surface area contributed by atoms with Gasteiger partial charge in [0.15, 0.2) is 6.10 Å². The lowest BCUT2D eigenvalue weighted by Crippen LogP contribution is -2.30. The van der Waals surface area contributed by atoms with Gasteiger partial charge in [-0.25, -0.2) is 0 Å². The summed E-state index contributed by atoms with van der Waals surface area (Å²) in [5.41, 5.74) is 0. The van der Waals surface area contributed by atoms with Gasteiger partial charge in [0.2, 0.25) is 0 Å². The van der Waals surface area contributed by atoms with E-state index in [1.807, 2.05) is 0 Å². The molecule has 0 aromatic carbocycles. The van der Waals surface area contributed by atoms with E-state index in [4.69, 9.17) is 14.2 Å². The van der Waals surface area contributed by atoms with Crippen LogP contribution in [0, 0.1) is 0 Å². The number of hydrogen-bond donors (Lipinski definition) is 0. The highest BCUT2D eigenvalue weighted by molar-refractivity contribution is 5.71. The Balaban J connectivity index is 4.31. The van der Waals surface area contributed by atoms with Crippen molar-refractivity contribution in [1.82, 2.24) is 0 Å². The molecule has 0 amide bonds. The van der Waals surface area contributed by atoms with E-state index in [1.54, 1.807) is 0 Å². The van der Waals surface area contributed by atoms with Crippen LogP contribution in [0.3, 0.4) is 0 Å². The zero-order valence-corrected chi connectivity index (χ0v) is 50.0. The second-order valence-corrected chi connectivity index (χ2v) is 21.3. The number of unbranched alkanes of at least 4 members (excludes halogenated alkanes) is 31. The molecule has 0 saturated carbocycles. The van der Waals surface area contributed by atoms with Gasteiger partial charge in [-0.3, -0.25) is 14.4 Å². The molecule has 0 N–H and O–H groups in total. The van der Waals surface area contributed by atoms with Gasteiger partial charge in [-0.2, -0.15) is 0 Å². The van der Waals surface area contributed by atoms with E-state index in [9.17, 15) is 14.4 Å². The first-order chi connectivity index (χ1) is 37.5. The molecule has 0 aliphatic carbocycles. The lowest BCUT2D eigenvalue weighted by atomic mass is 10.0. The van der Waals surface area contributed by atoms with Gasteiger partial charge in [0, 0.05) is 19.3 Å². The quantitative estimate of drug-likeness (QED) is 0.0261. The summed E-state index contributed by atoms with van der Waals surface area (Å²) in [6, 6.07) is 0. The number of hydrogen-bond acceptors (Lipinski definition) is 6. The molecule has 0 saturated heterocycles. The molecule has 0 fully saturated rings. The SMILES string of the molecule is CC/C=C\C/C=C\C/C=C\C/C=C\C/C=C\CCCCCCCCCCCCCC(=O)OCC(COC(=O)CCCCCCCCCCCCCCCC)OC(=O)CCCCCCCCC/C=C\C/C=C\C/C=C\CC. The summed E-state index contributed by atoms with van der Waals surface area (Å²) >= 11 is 0. The van der Waals surface area contributed by atoms with Crippen LogP contribution >= 0.6 is 0 Å². The molecule has 0 radical (unpaired) electrons. The fourth-order valence-electron chi connectivity index (χ4n) is 9.07. The van der Waals surface area contributed by atoms with Crippen LogP contribution in [0.4, 0.5) is 0 Å². The first-order valence-electron chi connectivity index (χ1n) is 32.2. The lowest BCUT2D eigenvalue weighted by Gasteiger charge is -2.18. The fraction of sp³-hybridized carbons (Fsp3) is 0.729. The third kappa shape index (κ3) is 61.2. The predicted molar refractivity (Wildman–Crippen MR) is 330 cm³/mol. The standard InChI is InChI=1S/C70H120O6/c1-4-7-10-13-16-19-22-25-28-30-31-32-33-34-35-36-37-38-39-41-42-45-48-51-54-57-60-63-69(72)75-66-67(65-74-68(71)62-59-56-53-50-47-44-27-24-21-18-15-12-9-6-3)76-70(73)64-61-58-55-52-49-46-43-40-29-26-23-20-17-14-11-8-5-2/h7-8,10-11,16-17,19-20,25-26,28-29,31-32,34-35,67H,4-6,9,12-15,18,21-24,27,30,33,36-66H2,1-3H3/b10-7-,11-8-,19-16-,20-17-,28-25-,29-26-,32-31-,35-34-. The summed E-state index contributed by atoms with van der Waals surface area (Å²) in [4.78, 5) is 38.3. The summed E-state index contributed by atoms with van der Waals surface area (Å²) in [6.45, 7) is 6.44. The molecule has 1 unspecified atom stereocenters. The maximum atomic E-state index is 12.9. The monoisotopic (exact) mass is 1060 g/mol. The minimum absolute atomic E-state index is 0.0793. The summed E-state index contributed by atoms with van der Waals surface area (Å²) in [7, 11) is 0. The molecular weight excluding hydrogens is 937 g/mol. The number of allylic oxidation sites excluding steroid dienone is 16. The van der Waals surface area contributed by atoms with Crippen LogP contribution < -0.4 is 0 Å². The van der Waals surface area contributed by atoms with Gasteiger partial charge in [-0.1, -0.05) is 291 Å². The summed E-state index contributed by atoms with van der Waals surface area (Å²) in [5.74, 6) is -0.880. The highest BCUT2D eigenvalue weighted by atomic mass is 16.6. The molecule has 0 bridgehead atoms. The van der Waals surface area contributed by atoms with Crippen molar-refractivity contribution in [3.63, 3.8) is 0 Å². The van der Waals surface area contributed by atoms with Crippen LogP contribution in [0.5, 0.6) is 0 Å². The third-order valence-corrected chi connectivity index (χ3v) is 13.8. The van der Waals surface area contributed by atoms with Crippen molar-refractivity contribution in [3.8, 4) is 0 Å². The third-order valence-electron chi connectivity index (χ3n) is 13.8. The largest absolute Gasteiger partial charge is 0.462 e. The molecule has 6 heteroatoms. The molecule has 76 heavy (non-hydrogen) atoms. The Labute approximate surface area is 470 Å². The van der Waals surface area contributed by atoms with Crippen molar-refractivity contribution in [2.24, 2.45) is 0 Å². The van der Waals surface area contributed by atoms with Crippen molar-refractivity contribution < 1.29 is 28.6 Å². The van der Waals surface area contributed by atoms with E-state index in [-0.39, 0.29) is 31.1 Å². The van der Waals surface area contributed by atoms with Crippen LogP contribution in [0.1, 0.15) is 310 Å². The number of esters is 3. The molecule has 436 valence electrons. The molecule has 1 atom stereocenters. The second-order valence-electron chi connectivity index (χ2n) is 21.3. The van der Waals surface area contributed by atoms with Gasteiger partial charge in [-0.15, -0.1) is 0 Å². The molecule has 6 nitrogen and oxygen atoms in total. The number of carbonyl (C=O) groups excluding carboxylic acids is 3. The van der Waals surface area contributed by atoms with Crippen LogP contribution in [-0.4, -0.2) is 37.2 Å². The molecule has 0 heterocycles. The van der Waals surface area contributed by atoms with Crippen molar-refractivity contribution in [3.05, 3.63) is 97.2 Å². The Hall–Kier alpha value is -3.67. The zero-order valence-electron chi connectivity index (χ0n) is 50.0. The molecule has 0 spiro atoms. The first-order valence-corrected chi connectivity index (χ1v) is 32.2. The van der Waals surface area contributed by atoms with E-state index in [1.165, 1.54) is 154 Å². The van der Waals surface area contributed by atoms with Gasteiger partial charge >= 0.3 is 17.9 Å². The molecule has 0 aliphatic rings. The van der Waals surface area contributed by atoms with Crippen LogP contribution in [0.25, 0.3) is 0 Å². The zero-order chi connectivity index (χ0) is 55.0. The Kier molecular flexibility index (Phi) is 60.8. The van der Waals surface area contributed by atoms with Gasteiger partial charge in [0.05, 0.1) is 0 Å². The van der Waals surface area contributed by atoms with Crippen LogP contribution in [0.2, 0.25) is 0 Å². The second kappa shape index (κ2) is 63.9. The van der Waals surface area contributed by atoms with E-state index in [0.717, 1.165) is 116 Å². The maximum absolute atomic E-state index is 12.9. The predicted octanol–water partition coefficient (Wildman–Crippen LogP) is 22.0. The van der Waals surface area contributed by atoms with Crippen molar-refractivity contribution in [1.29, 1.82) is 0 Å². The van der Waals surface area contributed by atoms with Crippen molar-refractivity contribution in [2.75, 3.05) is 13.2 Å². The first kappa shape index (κ1) is 72.3. The average molecular weight is 1060 g/mol. The van der Waals surface area contributed by atoms with Crippen LogP contribution in [0.15, 0.2) is 97.2 Å². The number of ether oxygens (including phenoxy) is 3. The molecule has 0 aromatic heterocycles. The van der Waals surface area contributed by atoms with E-state index < -0.39 is 6.10 Å². The molecule has 0 aromatic rings. The lowest BCUT2D eigenvalue weighted by molar-refractivity contribution is -0.167. The minimum Gasteiger partial charge on any atom is -0.462 e. The fourth-order valence-corrected chi connectivity index (χ4v) is 9.07. The molecule has 0 rings (SSSR count).